The molecule has 0 aliphatic rings. The fraction of sp³-hybridized carbons (Fsp3) is 0.385. The number of hydrogen-bond acceptors (Lipinski definition) is 4. The smallest absolute Gasteiger partial charge is 0.250 e. The van der Waals surface area contributed by atoms with Crippen molar-refractivity contribution in [2.24, 2.45) is 5.73 Å². The molecule has 6 nitrogen and oxygen atoms in total. The van der Waals surface area contributed by atoms with Crippen LogP contribution in [-0.2, 0) is 4.79 Å². The monoisotopic (exact) mass is 266 g/mol. The van der Waals surface area contributed by atoms with E-state index >= 15 is 0 Å². The third-order valence-corrected chi connectivity index (χ3v) is 2.54. The first kappa shape index (κ1) is 14.8. The first-order valence-electron chi connectivity index (χ1n) is 5.89. The lowest BCUT2D eigenvalue weighted by atomic mass is 10.1. The third-order valence-electron chi connectivity index (χ3n) is 2.54. The largest absolute Gasteiger partial charge is 0.493 e. The van der Waals surface area contributed by atoms with E-state index in [4.69, 9.17) is 15.2 Å². The number of nitrogens with two attached hydrogens (primary N) is 1. The predicted molar refractivity (Wildman–Crippen MR) is 71.6 cm³/mol. The van der Waals surface area contributed by atoms with Gasteiger partial charge in [-0.15, -0.1) is 0 Å². The number of methoxy groups -OCH3 is 2. The van der Waals surface area contributed by atoms with Crippen LogP contribution in [0, 0.1) is 0 Å². The van der Waals surface area contributed by atoms with Crippen LogP contribution in [-0.4, -0.2) is 26.0 Å². The molecule has 19 heavy (non-hydrogen) atoms. The molecule has 0 saturated carbocycles. The molecule has 0 aromatic heterocycles. The van der Waals surface area contributed by atoms with Crippen molar-refractivity contribution in [3.63, 3.8) is 0 Å². The molecule has 6 heteroatoms. The summed E-state index contributed by atoms with van der Waals surface area (Å²) in [4.78, 5) is 23.0. The molecule has 0 aliphatic heterocycles. The van der Waals surface area contributed by atoms with Crippen LogP contribution >= 0.6 is 0 Å². The maximum Gasteiger partial charge on any atom is 0.250 e. The molecule has 0 spiro atoms. The zero-order valence-corrected chi connectivity index (χ0v) is 11.3. The van der Waals surface area contributed by atoms with E-state index in [0.717, 1.165) is 0 Å². The van der Waals surface area contributed by atoms with E-state index in [1.165, 1.54) is 26.4 Å². The molecule has 0 unspecified atom stereocenters. The van der Waals surface area contributed by atoms with Crippen LogP contribution in [0.15, 0.2) is 12.1 Å². The quantitative estimate of drug-likeness (QED) is 0.817. The minimum atomic E-state index is -0.646. The Morgan fingerprint density at radius 1 is 1.21 bits per heavy atom. The molecule has 1 aromatic carbocycles. The standard InChI is InChI=1S/C13H18N2O4/c1-4-5-12(16)15-9-7-11(19-3)10(18-2)6-8(9)13(14)17/h6-7H,4-5H2,1-3H3,(H2,14,17)(H,15,16). The second-order valence-corrected chi connectivity index (χ2v) is 3.92. The summed E-state index contributed by atoms with van der Waals surface area (Å²) in [5.74, 6) is -0.0333. The minimum Gasteiger partial charge on any atom is -0.493 e. The molecule has 0 fully saturated rings. The lowest BCUT2D eigenvalue weighted by molar-refractivity contribution is -0.116. The first-order chi connectivity index (χ1) is 9.03. The molecule has 104 valence electrons. The SMILES string of the molecule is CCCC(=O)Nc1cc(OC)c(OC)cc1C(N)=O. The van der Waals surface area contributed by atoms with Gasteiger partial charge in [0.2, 0.25) is 5.91 Å². The number of rotatable bonds is 6. The van der Waals surface area contributed by atoms with Crippen molar-refractivity contribution in [3.05, 3.63) is 17.7 Å². The van der Waals surface area contributed by atoms with Gasteiger partial charge in [-0.2, -0.15) is 0 Å². The van der Waals surface area contributed by atoms with Crippen LogP contribution in [0.2, 0.25) is 0 Å². The van der Waals surface area contributed by atoms with Gasteiger partial charge < -0.3 is 20.5 Å². The van der Waals surface area contributed by atoms with Crippen molar-refractivity contribution < 1.29 is 19.1 Å². The predicted octanol–water partition coefficient (Wildman–Crippen LogP) is 1.54. The maximum atomic E-state index is 11.6. The van der Waals surface area contributed by atoms with E-state index in [-0.39, 0.29) is 11.5 Å². The zero-order chi connectivity index (χ0) is 14.4. The number of hydrogen-bond donors (Lipinski definition) is 2. The molecule has 3 N–H and O–H groups in total. The summed E-state index contributed by atoms with van der Waals surface area (Å²) in [6.45, 7) is 1.89. The summed E-state index contributed by atoms with van der Waals surface area (Å²) in [5.41, 5.74) is 5.80. The van der Waals surface area contributed by atoms with Crippen molar-refractivity contribution >= 4 is 17.5 Å². The van der Waals surface area contributed by atoms with Crippen LogP contribution in [0.4, 0.5) is 5.69 Å². The molecule has 2 amide bonds. The normalized spacial score (nSPS) is 9.84. The van der Waals surface area contributed by atoms with Crippen LogP contribution in [0.3, 0.4) is 0 Å². The first-order valence-corrected chi connectivity index (χ1v) is 5.89. The molecule has 0 saturated heterocycles. The Morgan fingerprint density at radius 2 is 1.79 bits per heavy atom. The van der Waals surface area contributed by atoms with Crippen LogP contribution in [0.5, 0.6) is 11.5 Å². The van der Waals surface area contributed by atoms with E-state index in [1.807, 2.05) is 6.92 Å². The van der Waals surface area contributed by atoms with Crippen molar-refractivity contribution in [2.45, 2.75) is 19.8 Å². The highest BCUT2D eigenvalue weighted by molar-refractivity contribution is 6.03. The number of primary amides is 1. The average Bonchev–Trinajstić information content (AvgIpc) is 2.38. The van der Waals surface area contributed by atoms with Crippen molar-refractivity contribution in [3.8, 4) is 11.5 Å². The minimum absolute atomic E-state index is 0.183. The van der Waals surface area contributed by atoms with E-state index in [0.29, 0.717) is 30.0 Å². The van der Waals surface area contributed by atoms with Crippen molar-refractivity contribution in [1.29, 1.82) is 0 Å². The molecule has 1 aromatic rings. The third kappa shape index (κ3) is 3.61. The molecule has 0 radical (unpaired) electrons. The lowest BCUT2D eigenvalue weighted by Crippen LogP contribution is -2.18. The summed E-state index contributed by atoms with van der Waals surface area (Å²) in [5, 5.41) is 2.64. The van der Waals surface area contributed by atoms with Gasteiger partial charge in [-0.25, -0.2) is 0 Å². The molecular weight excluding hydrogens is 248 g/mol. The van der Waals surface area contributed by atoms with Gasteiger partial charge in [0.1, 0.15) is 0 Å². The highest BCUT2D eigenvalue weighted by Gasteiger charge is 2.16. The molecule has 0 heterocycles. The van der Waals surface area contributed by atoms with Gasteiger partial charge in [-0.1, -0.05) is 6.92 Å². The summed E-state index contributed by atoms with van der Waals surface area (Å²) in [6, 6.07) is 2.97. The van der Waals surface area contributed by atoms with Gasteiger partial charge >= 0.3 is 0 Å². The Bertz CT molecular complexity index is 486. The Morgan fingerprint density at radius 3 is 2.26 bits per heavy atom. The Hall–Kier alpha value is -2.24. The average molecular weight is 266 g/mol. The number of nitrogens with one attached hydrogen (secondary N) is 1. The van der Waals surface area contributed by atoms with Gasteiger partial charge in [-0.05, 0) is 12.5 Å². The Balaban J connectivity index is 3.19. The molecule has 0 atom stereocenters. The van der Waals surface area contributed by atoms with Gasteiger partial charge in [0.15, 0.2) is 11.5 Å². The van der Waals surface area contributed by atoms with E-state index in [1.54, 1.807) is 0 Å². The molecule has 0 aliphatic carbocycles. The van der Waals surface area contributed by atoms with Crippen LogP contribution in [0.25, 0.3) is 0 Å². The number of ether oxygens (including phenoxy) is 2. The number of benzene rings is 1. The Labute approximate surface area is 111 Å². The zero-order valence-electron chi connectivity index (χ0n) is 11.3. The molecule has 0 bridgehead atoms. The highest BCUT2D eigenvalue weighted by Crippen LogP contribution is 2.33. The number of carbonyl (C=O) groups excluding carboxylic acids is 2. The van der Waals surface area contributed by atoms with Gasteiger partial charge in [0.05, 0.1) is 25.5 Å². The van der Waals surface area contributed by atoms with Gasteiger partial charge in [0, 0.05) is 12.5 Å². The van der Waals surface area contributed by atoms with Gasteiger partial charge in [0.25, 0.3) is 5.91 Å². The maximum absolute atomic E-state index is 11.6. The lowest BCUT2D eigenvalue weighted by Gasteiger charge is -2.14. The van der Waals surface area contributed by atoms with E-state index in [2.05, 4.69) is 5.32 Å². The fourth-order valence-corrected chi connectivity index (χ4v) is 1.63. The highest BCUT2D eigenvalue weighted by atomic mass is 16.5. The second-order valence-electron chi connectivity index (χ2n) is 3.92. The van der Waals surface area contributed by atoms with Crippen LogP contribution in [0.1, 0.15) is 30.1 Å². The number of amides is 2. The summed E-state index contributed by atoms with van der Waals surface area (Å²) >= 11 is 0. The summed E-state index contributed by atoms with van der Waals surface area (Å²) in [7, 11) is 2.93. The second kappa shape index (κ2) is 6.63. The molecule has 1 rings (SSSR count). The van der Waals surface area contributed by atoms with Crippen molar-refractivity contribution in [1.82, 2.24) is 0 Å². The summed E-state index contributed by atoms with van der Waals surface area (Å²) < 4.78 is 10.2. The fourth-order valence-electron chi connectivity index (χ4n) is 1.63. The van der Waals surface area contributed by atoms with Gasteiger partial charge in [-0.3, -0.25) is 9.59 Å². The van der Waals surface area contributed by atoms with E-state index < -0.39 is 5.91 Å². The topological polar surface area (TPSA) is 90.7 Å². The Kier molecular flexibility index (Phi) is 5.17. The van der Waals surface area contributed by atoms with E-state index in [9.17, 15) is 9.59 Å². The molecular formula is C13H18N2O4. The van der Waals surface area contributed by atoms with Crippen molar-refractivity contribution in [2.75, 3.05) is 19.5 Å². The number of carbonyl (C=O) groups is 2. The number of anilines is 1. The van der Waals surface area contributed by atoms with Crippen LogP contribution < -0.4 is 20.5 Å². The summed E-state index contributed by atoms with van der Waals surface area (Å²) in [6.07, 6.45) is 1.08.